The van der Waals surface area contributed by atoms with E-state index < -0.39 is 0 Å². The van der Waals surface area contributed by atoms with Gasteiger partial charge in [0.2, 0.25) is 0 Å². The van der Waals surface area contributed by atoms with E-state index in [0.29, 0.717) is 6.04 Å². The molecule has 2 N–H and O–H groups in total. The first-order valence-electron chi connectivity index (χ1n) is 6.49. The van der Waals surface area contributed by atoms with Crippen LogP contribution < -0.4 is 10.6 Å². The van der Waals surface area contributed by atoms with Gasteiger partial charge in [-0.15, -0.1) is 0 Å². The fourth-order valence-electron chi connectivity index (χ4n) is 3.09. The highest BCUT2D eigenvalue weighted by molar-refractivity contribution is 6.31. The van der Waals surface area contributed by atoms with E-state index in [1.54, 1.807) is 0 Å². The van der Waals surface area contributed by atoms with Crippen molar-refractivity contribution in [3.05, 3.63) is 28.8 Å². The molecule has 0 aliphatic carbocycles. The standard InChI is InChI=1S/C14H19ClN2/c1-9-2-3-12(8-14(9)15)17-13-6-10-4-5-11(7-13)16-10/h2-3,8,10-11,13,16-17H,4-7H2,1H3. The van der Waals surface area contributed by atoms with Crippen molar-refractivity contribution in [2.24, 2.45) is 0 Å². The van der Waals surface area contributed by atoms with Gasteiger partial charge in [-0.2, -0.15) is 0 Å². The van der Waals surface area contributed by atoms with Crippen molar-refractivity contribution in [1.29, 1.82) is 0 Å². The Labute approximate surface area is 108 Å². The smallest absolute Gasteiger partial charge is 0.0455 e. The maximum Gasteiger partial charge on any atom is 0.0455 e. The van der Waals surface area contributed by atoms with Gasteiger partial charge < -0.3 is 10.6 Å². The number of fused-ring (bicyclic) bond motifs is 2. The zero-order valence-electron chi connectivity index (χ0n) is 10.2. The van der Waals surface area contributed by atoms with E-state index in [4.69, 9.17) is 11.6 Å². The fourth-order valence-corrected chi connectivity index (χ4v) is 3.27. The fraction of sp³-hybridized carbons (Fsp3) is 0.571. The summed E-state index contributed by atoms with van der Waals surface area (Å²) in [5, 5.41) is 8.14. The topological polar surface area (TPSA) is 24.1 Å². The van der Waals surface area contributed by atoms with Crippen LogP contribution in [0.3, 0.4) is 0 Å². The van der Waals surface area contributed by atoms with Crippen molar-refractivity contribution >= 4 is 17.3 Å². The second-order valence-corrected chi connectivity index (χ2v) is 5.82. The molecular formula is C14H19ClN2. The van der Waals surface area contributed by atoms with E-state index in [9.17, 15) is 0 Å². The molecule has 92 valence electrons. The largest absolute Gasteiger partial charge is 0.382 e. The molecular weight excluding hydrogens is 232 g/mol. The second kappa shape index (κ2) is 4.51. The van der Waals surface area contributed by atoms with Gasteiger partial charge in [0.15, 0.2) is 0 Å². The number of halogens is 1. The molecule has 2 aliphatic heterocycles. The van der Waals surface area contributed by atoms with Crippen LogP contribution in [0.5, 0.6) is 0 Å². The normalized spacial score (nSPS) is 31.5. The SMILES string of the molecule is Cc1ccc(NC2CC3CCC(C2)N3)cc1Cl. The average molecular weight is 251 g/mol. The molecule has 0 aromatic heterocycles. The van der Waals surface area contributed by atoms with Crippen LogP contribution in [-0.4, -0.2) is 18.1 Å². The summed E-state index contributed by atoms with van der Waals surface area (Å²) in [6.07, 6.45) is 5.17. The van der Waals surface area contributed by atoms with Crippen molar-refractivity contribution in [2.45, 2.75) is 50.7 Å². The molecule has 1 aromatic rings. The molecule has 2 heterocycles. The van der Waals surface area contributed by atoms with Gasteiger partial charge in [-0.3, -0.25) is 0 Å². The van der Waals surface area contributed by atoms with Crippen LogP contribution in [0.4, 0.5) is 5.69 Å². The summed E-state index contributed by atoms with van der Waals surface area (Å²) < 4.78 is 0. The molecule has 2 aliphatic rings. The molecule has 0 amide bonds. The third-order valence-electron chi connectivity index (χ3n) is 4.02. The van der Waals surface area contributed by atoms with Gasteiger partial charge in [0, 0.05) is 28.8 Å². The first kappa shape index (κ1) is 11.4. The van der Waals surface area contributed by atoms with Crippen molar-refractivity contribution < 1.29 is 0 Å². The van der Waals surface area contributed by atoms with Crippen LogP contribution in [0.25, 0.3) is 0 Å². The summed E-state index contributed by atoms with van der Waals surface area (Å²) >= 11 is 6.15. The monoisotopic (exact) mass is 250 g/mol. The summed E-state index contributed by atoms with van der Waals surface area (Å²) in [6, 6.07) is 8.32. The number of nitrogens with one attached hydrogen (secondary N) is 2. The molecule has 17 heavy (non-hydrogen) atoms. The molecule has 2 nitrogen and oxygen atoms in total. The van der Waals surface area contributed by atoms with Gasteiger partial charge >= 0.3 is 0 Å². The minimum absolute atomic E-state index is 0.604. The highest BCUT2D eigenvalue weighted by Crippen LogP contribution is 2.29. The highest BCUT2D eigenvalue weighted by Gasteiger charge is 2.33. The number of benzene rings is 1. The summed E-state index contributed by atoms with van der Waals surface area (Å²) in [5.41, 5.74) is 2.30. The van der Waals surface area contributed by atoms with Gasteiger partial charge in [-0.25, -0.2) is 0 Å². The zero-order valence-corrected chi connectivity index (χ0v) is 10.9. The van der Waals surface area contributed by atoms with E-state index in [1.165, 1.54) is 25.7 Å². The highest BCUT2D eigenvalue weighted by atomic mass is 35.5. The van der Waals surface area contributed by atoms with E-state index in [0.717, 1.165) is 28.4 Å². The Kier molecular flexibility index (Phi) is 3.01. The molecule has 2 saturated heterocycles. The lowest BCUT2D eigenvalue weighted by Crippen LogP contribution is -2.43. The van der Waals surface area contributed by atoms with E-state index >= 15 is 0 Å². The zero-order chi connectivity index (χ0) is 11.8. The minimum Gasteiger partial charge on any atom is -0.382 e. The van der Waals surface area contributed by atoms with Gasteiger partial charge in [-0.05, 0) is 50.3 Å². The van der Waals surface area contributed by atoms with E-state index in [-0.39, 0.29) is 0 Å². The first-order valence-corrected chi connectivity index (χ1v) is 6.87. The second-order valence-electron chi connectivity index (χ2n) is 5.41. The van der Waals surface area contributed by atoms with Gasteiger partial charge in [-0.1, -0.05) is 17.7 Å². The lowest BCUT2D eigenvalue weighted by molar-refractivity contribution is 0.378. The van der Waals surface area contributed by atoms with Crippen LogP contribution in [-0.2, 0) is 0 Å². The maximum absolute atomic E-state index is 6.15. The quantitative estimate of drug-likeness (QED) is 0.841. The Bertz CT molecular complexity index is 407. The van der Waals surface area contributed by atoms with E-state index in [2.05, 4.69) is 22.8 Å². The molecule has 0 spiro atoms. The molecule has 3 heteroatoms. The Morgan fingerprint density at radius 3 is 2.59 bits per heavy atom. The van der Waals surface area contributed by atoms with Crippen molar-refractivity contribution in [1.82, 2.24) is 5.32 Å². The predicted octanol–water partition coefficient (Wildman–Crippen LogP) is 3.34. The number of hydrogen-bond donors (Lipinski definition) is 2. The van der Waals surface area contributed by atoms with Crippen LogP contribution in [0.2, 0.25) is 5.02 Å². The van der Waals surface area contributed by atoms with Crippen LogP contribution in [0, 0.1) is 6.92 Å². The summed E-state index contributed by atoms with van der Waals surface area (Å²) in [6.45, 7) is 2.04. The molecule has 0 radical (unpaired) electrons. The maximum atomic E-state index is 6.15. The third kappa shape index (κ3) is 2.43. The Morgan fingerprint density at radius 1 is 1.24 bits per heavy atom. The number of rotatable bonds is 2. The van der Waals surface area contributed by atoms with Gasteiger partial charge in [0.1, 0.15) is 0 Å². The molecule has 2 unspecified atom stereocenters. The molecule has 0 saturated carbocycles. The number of hydrogen-bond acceptors (Lipinski definition) is 2. The lowest BCUT2D eigenvalue weighted by Gasteiger charge is -2.30. The van der Waals surface area contributed by atoms with E-state index in [1.807, 2.05) is 13.0 Å². The Balaban J connectivity index is 1.68. The Morgan fingerprint density at radius 2 is 1.94 bits per heavy atom. The van der Waals surface area contributed by atoms with Gasteiger partial charge in [0.05, 0.1) is 0 Å². The Hall–Kier alpha value is -0.730. The number of aryl methyl sites for hydroxylation is 1. The lowest BCUT2D eigenvalue weighted by atomic mass is 9.99. The number of anilines is 1. The van der Waals surface area contributed by atoms with Crippen LogP contribution in [0.15, 0.2) is 18.2 Å². The first-order chi connectivity index (χ1) is 8.20. The molecule has 3 rings (SSSR count). The summed E-state index contributed by atoms with van der Waals surface area (Å²) in [5.74, 6) is 0. The van der Waals surface area contributed by atoms with Crippen LogP contribution >= 0.6 is 11.6 Å². The summed E-state index contributed by atoms with van der Waals surface area (Å²) in [4.78, 5) is 0. The minimum atomic E-state index is 0.604. The molecule has 2 fully saturated rings. The van der Waals surface area contributed by atoms with Crippen LogP contribution in [0.1, 0.15) is 31.2 Å². The predicted molar refractivity (Wildman–Crippen MR) is 72.8 cm³/mol. The summed E-state index contributed by atoms with van der Waals surface area (Å²) in [7, 11) is 0. The van der Waals surface area contributed by atoms with Crippen molar-refractivity contribution in [2.75, 3.05) is 5.32 Å². The molecule has 2 bridgehead atoms. The average Bonchev–Trinajstić information content (AvgIpc) is 2.64. The van der Waals surface area contributed by atoms with Crippen molar-refractivity contribution in [3.8, 4) is 0 Å². The third-order valence-corrected chi connectivity index (χ3v) is 4.42. The number of piperidine rings is 1. The van der Waals surface area contributed by atoms with Crippen molar-refractivity contribution in [3.63, 3.8) is 0 Å². The molecule has 1 aromatic carbocycles. The van der Waals surface area contributed by atoms with Gasteiger partial charge in [0.25, 0.3) is 0 Å². The molecule has 2 atom stereocenters.